The molecule has 0 saturated carbocycles. The van der Waals surface area contributed by atoms with E-state index in [-0.39, 0.29) is 24.1 Å². The smallest absolute Gasteiger partial charge is 0.277 e. The van der Waals surface area contributed by atoms with Gasteiger partial charge in [0.15, 0.2) is 0 Å². The molecule has 0 radical (unpaired) electrons. The molecule has 0 saturated heterocycles. The highest BCUT2D eigenvalue weighted by Crippen LogP contribution is 2.24. The highest BCUT2D eigenvalue weighted by Gasteiger charge is 2.18. The molecule has 0 spiro atoms. The van der Waals surface area contributed by atoms with E-state index in [2.05, 4.69) is 21.2 Å². The molecule has 1 amide bonds. The summed E-state index contributed by atoms with van der Waals surface area (Å²) >= 11 is 1.24. The van der Waals surface area contributed by atoms with Gasteiger partial charge in [-0.15, -0.1) is 22.6 Å². The number of para-hydroxylation sites is 1. The number of benzene rings is 1. The Balaban J connectivity index is 0.00000261. The summed E-state index contributed by atoms with van der Waals surface area (Å²) in [5.41, 5.74) is 8.43. The quantitative estimate of drug-likeness (QED) is 0.554. The third kappa shape index (κ3) is 5.03. The Morgan fingerprint density at radius 1 is 1.30 bits per heavy atom. The molecule has 146 valence electrons. The standard InChI is InChI=1S/C18H23N5O2S.ClH/c1-3-23(4-2)16(24)11-26-18-22-21-17(25-18)14(19)9-12-10-20-15-8-6-5-7-13(12)15;/h5-8,10,14,20H,3-4,9,11,19H2,1-2H3;1H/t14-;/m0./s1. The minimum Gasteiger partial charge on any atom is -0.414 e. The zero-order valence-corrected chi connectivity index (χ0v) is 17.0. The van der Waals surface area contributed by atoms with Gasteiger partial charge in [-0.1, -0.05) is 30.0 Å². The second-order valence-corrected chi connectivity index (χ2v) is 6.86. The fourth-order valence-corrected chi connectivity index (χ4v) is 3.52. The van der Waals surface area contributed by atoms with Crippen molar-refractivity contribution in [1.29, 1.82) is 0 Å². The molecular formula is C18H24ClN5O2S. The number of nitrogens with one attached hydrogen (secondary N) is 1. The van der Waals surface area contributed by atoms with E-state index >= 15 is 0 Å². The molecule has 0 bridgehead atoms. The number of nitrogens with two attached hydrogens (primary N) is 1. The van der Waals surface area contributed by atoms with Gasteiger partial charge < -0.3 is 20.0 Å². The normalized spacial score (nSPS) is 12.0. The van der Waals surface area contributed by atoms with Crippen molar-refractivity contribution in [2.45, 2.75) is 31.5 Å². The van der Waals surface area contributed by atoms with Crippen LogP contribution in [-0.2, 0) is 11.2 Å². The van der Waals surface area contributed by atoms with Crippen LogP contribution in [0.1, 0.15) is 31.3 Å². The Labute approximate surface area is 168 Å². The van der Waals surface area contributed by atoms with Crippen LogP contribution in [0.25, 0.3) is 10.9 Å². The summed E-state index contributed by atoms with van der Waals surface area (Å²) in [4.78, 5) is 17.0. The molecule has 0 aliphatic rings. The van der Waals surface area contributed by atoms with Crippen LogP contribution in [-0.4, -0.2) is 44.8 Å². The molecule has 2 heterocycles. The van der Waals surface area contributed by atoms with Gasteiger partial charge in [-0.25, -0.2) is 0 Å². The van der Waals surface area contributed by atoms with Crippen LogP contribution in [0.2, 0.25) is 0 Å². The van der Waals surface area contributed by atoms with E-state index in [9.17, 15) is 4.79 Å². The molecule has 1 atom stereocenters. The van der Waals surface area contributed by atoms with Crippen LogP contribution >= 0.6 is 24.2 Å². The highest BCUT2D eigenvalue weighted by atomic mass is 35.5. The van der Waals surface area contributed by atoms with Crippen LogP contribution in [0.4, 0.5) is 0 Å². The van der Waals surface area contributed by atoms with Crippen LogP contribution in [0.5, 0.6) is 0 Å². The summed E-state index contributed by atoms with van der Waals surface area (Å²) in [6.45, 7) is 5.31. The van der Waals surface area contributed by atoms with E-state index < -0.39 is 6.04 Å². The third-order valence-corrected chi connectivity index (χ3v) is 5.09. The van der Waals surface area contributed by atoms with E-state index in [1.807, 2.05) is 38.2 Å². The van der Waals surface area contributed by atoms with Gasteiger partial charge in [0.2, 0.25) is 11.8 Å². The highest BCUT2D eigenvalue weighted by molar-refractivity contribution is 7.99. The Morgan fingerprint density at radius 3 is 2.78 bits per heavy atom. The van der Waals surface area contributed by atoms with Crippen molar-refractivity contribution in [3.63, 3.8) is 0 Å². The maximum atomic E-state index is 12.0. The largest absolute Gasteiger partial charge is 0.414 e. The van der Waals surface area contributed by atoms with E-state index in [0.29, 0.717) is 30.6 Å². The molecular weight excluding hydrogens is 386 g/mol. The number of carbonyl (C=O) groups is 1. The van der Waals surface area contributed by atoms with E-state index in [1.54, 1.807) is 4.90 Å². The Bertz CT molecular complexity index is 877. The predicted molar refractivity (Wildman–Crippen MR) is 109 cm³/mol. The van der Waals surface area contributed by atoms with Crippen LogP contribution < -0.4 is 5.73 Å². The van der Waals surface area contributed by atoms with Gasteiger partial charge in [0.05, 0.1) is 11.8 Å². The van der Waals surface area contributed by atoms with Crippen LogP contribution in [0, 0.1) is 0 Å². The molecule has 0 aliphatic heterocycles. The molecule has 0 fully saturated rings. The first-order chi connectivity index (χ1) is 12.6. The topological polar surface area (TPSA) is 101 Å². The molecule has 27 heavy (non-hydrogen) atoms. The van der Waals surface area contributed by atoms with Gasteiger partial charge in [0.1, 0.15) is 0 Å². The van der Waals surface area contributed by atoms with Crippen LogP contribution in [0.15, 0.2) is 40.1 Å². The molecule has 3 rings (SSSR count). The summed E-state index contributed by atoms with van der Waals surface area (Å²) in [6, 6.07) is 7.68. The average molecular weight is 410 g/mol. The summed E-state index contributed by atoms with van der Waals surface area (Å²) < 4.78 is 5.64. The molecule has 3 aromatic rings. The number of aromatic nitrogens is 3. The van der Waals surface area contributed by atoms with Crippen molar-refractivity contribution < 1.29 is 9.21 Å². The van der Waals surface area contributed by atoms with Crippen molar-refractivity contribution in [3.05, 3.63) is 41.9 Å². The fraction of sp³-hybridized carbons (Fsp3) is 0.389. The Kier molecular flexibility index (Phi) is 7.70. The summed E-state index contributed by atoms with van der Waals surface area (Å²) in [7, 11) is 0. The van der Waals surface area contributed by atoms with Crippen molar-refractivity contribution in [2.24, 2.45) is 5.73 Å². The maximum Gasteiger partial charge on any atom is 0.277 e. The molecule has 3 N–H and O–H groups in total. The zero-order valence-electron chi connectivity index (χ0n) is 15.3. The minimum absolute atomic E-state index is 0. The van der Waals surface area contributed by atoms with Gasteiger partial charge in [0, 0.05) is 30.2 Å². The number of halogens is 1. The molecule has 1 aromatic carbocycles. The summed E-state index contributed by atoms with van der Waals surface area (Å²) in [5.74, 6) is 0.719. The van der Waals surface area contributed by atoms with Gasteiger partial charge in [-0.3, -0.25) is 4.79 Å². The number of nitrogens with zero attached hydrogens (tertiary/aromatic N) is 3. The third-order valence-electron chi connectivity index (χ3n) is 4.29. The number of carbonyl (C=O) groups excluding carboxylic acids is 1. The van der Waals surface area contributed by atoms with Crippen molar-refractivity contribution in [1.82, 2.24) is 20.1 Å². The number of amides is 1. The lowest BCUT2D eigenvalue weighted by Crippen LogP contribution is -2.31. The van der Waals surface area contributed by atoms with Crippen molar-refractivity contribution in [2.75, 3.05) is 18.8 Å². The van der Waals surface area contributed by atoms with E-state index in [0.717, 1.165) is 16.5 Å². The summed E-state index contributed by atoms with van der Waals surface area (Å²) in [6.07, 6.45) is 2.55. The maximum absolute atomic E-state index is 12.0. The van der Waals surface area contributed by atoms with E-state index in [1.165, 1.54) is 11.8 Å². The lowest BCUT2D eigenvalue weighted by Gasteiger charge is -2.17. The number of H-pyrrole nitrogens is 1. The van der Waals surface area contributed by atoms with Gasteiger partial charge >= 0.3 is 0 Å². The van der Waals surface area contributed by atoms with E-state index in [4.69, 9.17) is 10.2 Å². The Hall–Kier alpha value is -2.03. The second-order valence-electron chi connectivity index (χ2n) is 5.93. The minimum atomic E-state index is -0.394. The number of fused-ring (bicyclic) bond motifs is 1. The number of rotatable bonds is 8. The van der Waals surface area contributed by atoms with Crippen LogP contribution in [0.3, 0.4) is 0 Å². The first-order valence-electron chi connectivity index (χ1n) is 8.66. The van der Waals surface area contributed by atoms with Gasteiger partial charge in [0.25, 0.3) is 5.22 Å². The van der Waals surface area contributed by atoms with Crippen molar-refractivity contribution >= 4 is 41.0 Å². The SMILES string of the molecule is CCN(CC)C(=O)CSc1nnc([C@@H](N)Cc2c[nH]c3ccccc23)o1.Cl. The van der Waals surface area contributed by atoms with Gasteiger partial charge in [-0.2, -0.15) is 0 Å². The number of aromatic amines is 1. The monoisotopic (exact) mass is 409 g/mol. The molecule has 2 aromatic heterocycles. The number of thioether (sulfide) groups is 1. The lowest BCUT2D eigenvalue weighted by atomic mass is 10.1. The molecule has 0 aliphatic carbocycles. The fourth-order valence-electron chi connectivity index (χ4n) is 2.84. The number of hydrogen-bond donors (Lipinski definition) is 2. The molecule has 0 unspecified atom stereocenters. The zero-order chi connectivity index (χ0) is 18.5. The predicted octanol–water partition coefficient (Wildman–Crippen LogP) is 3.18. The Morgan fingerprint density at radius 2 is 2.04 bits per heavy atom. The van der Waals surface area contributed by atoms with Crippen molar-refractivity contribution in [3.8, 4) is 0 Å². The first-order valence-corrected chi connectivity index (χ1v) is 9.65. The van der Waals surface area contributed by atoms with Gasteiger partial charge in [-0.05, 0) is 31.9 Å². The lowest BCUT2D eigenvalue weighted by molar-refractivity contribution is -0.127. The average Bonchev–Trinajstić information content (AvgIpc) is 3.29. The second kappa shape index (κ2) is 9.77. The molecule has 7 nitrogen and oxygen atoms in total. The molecule has 9 heteroatoms. The number of hydrogen-bond acceptors (Lipinski definition) is 6. The first kappa shape index (κ1) is 21.3. The summed E-state index contributed by atoms with van der Waals surface area (Å²) in [5, 5.41) is 9.55.